The molecule has 0 aliphatic carbocycles. The summed E-state index contributed by atoms with van der Waals surface area (Å²) in [6.45, 7) is 8.22. The summed E-state index contributed by atoms with van der Waals surface area (Å²) >= 11 is 0. The maximum absolute atomic E-state index is 6.53. The number of aromatic nitrogens is 1. The fraction of sp³-hybridized carbons (Fsp3) is 0.107. The Kier molecular flexibility index (Phi) is 4.29. The van der Waals surface area contributed by atoms with Crippen molar-refractivity contribution in [3.63, 3.8) is 0 Å². The lowest BCUT2D eigenvalue weighted by atomic mass is 9.93. The second-order valence-electron chi connectivity index (χ2n) is 7.74. The first-order valence-electron chi connectivity index (χ1n) is 10.3. The summed E-state index contributed by atoms with van der Waals surface area (Å²) in [6.07, 6.45) is 8.26. The fourth-order valence-electron chi connectivity index (χ4n) is 4.51. The van der Waals surface area contributed by atoms with Crippen LogP contribution in [0.1, 0.15) is 23.6 Å². The molecule has 2 heterocycles. The number of aryl methyl sites for hydroxylation is 2. The van der Waals surface area contributed by atoms with E-state index in [-0.39, 0.29) is 0 Å². The molecule has 0 saturated heterocycles. The molecule has 0 fully saturated rings. The van der Waals surface area contributed by atoms with Crippen LogP contribution in [0.25, 0.3) is 56.1 Å². The van der Waals surface area contributed by atoms with Gasteiger partial charge in [0.2, 0.25) is 5.69 Å². The van der Waals surface area contributed by atoms with Crippen LogP contribution < -0.4 is 4.57 Å². The normalized spacial score (nSPS) is 11.8. The number of fused-ring (bicyclic) bond motifs is 5. The van der Waals surface area contributed by atoms with Crippen molar-refractivity contribution in [2.75, 3.05) is 0 Å². The average Bonchev–Trinajstić information content (AvgIpc) is 3.13. The summed E-state index contributed by atoms with van der Waals surface area (Å²) in [6, 6.07) is 19.2. The number of rotatable bonds is 3. The molecule has 0 atom stereocenters. The van der Waals surface area contributed by atoms with E-state index in [0.717, 1.165) is 33.4 Å². The van der Waals surface area contributed by atoms with Gasteiger partial charge in [-0.15, -0.1) is 0 Å². The Morgan fingerprint density at radius 3 is 2.57 bits per heavy atom. The lowest BCUT2D eigenvalue weighted by molar-refractivity contribution is -0.660. The molecule has 0 unspecified atom stereocenters. The Labute approximate surface area is 176 Å². The van der Waals surface area contributed by atoms with Gasteiger partial charge in [-0.25, -0.2) is 4.57 Å². The van der Waals surface area contributed by atoms with Crippen LogP contribution >= 0.6 is 0 Å². The molecule has 5 aromatic rings. The van der Waals surface area contributed by atoms with E-state index in [1.807, 2.05) is 12.1 Å². The van der Waals surface area contributed by atoms with Crippen LogP contribution in [-0.4, -0.2) is 0 Å². The first-order chi connectivity index (χ1) is 14.6. The summed E-state index contributed by atoms with van der Waals surface area (Å²) < 4.78 is 8.67. The summed E-state index contributed by atoms with van der Waals surface area (Å²) in [4.78, 5) is 0. The van der Waals surface area contributed by atoms with Crippen LogP contribution in [-0.2, 0) is 7.05 Å². The van der Waals surface area contributed by atoms with Crippen LogP contribution in [0.4, 0.5) is 0 Å². The summed E-state index contributed by atoms with van der Waals surface area (Å²) in [5.41, 5.74) is 7.66. The van der Waals surface area contributed by atoms with Crippen LogP contribution in [0.3, 0.4) is 0 Å². The van der Waals surface area contributed by atoms with Crippen molar-refractivity contribution in [2.24, 2.45) is 7.05 Å². The number of benzene rings is 3. The molecule has 0 N–H and O–H groups in total. The monoisotopic (exact) mass is 390 g/mol. The summed E-state index contributed by atoms with van der Waals surface area (Å²) in [5.74, 6) is 0. The van der Waals surface area contributed by atoms with Crippen molar-refractivity contribution in [1.29, 1.82) is 0 Å². The molecule has 0 radical (unpaired) electrons. The number of furan rings is 1. The standard InChI is InChI=1S/C28H24NO/c1-5-9-21-19(6-2)12-13-20-14-16-24-27(26(20)21)22-15-11-18(3)25(28(22)30-24)23-10-7-8-17-29(23)4/h5-17H,2H2,1,3-4H3/q+1/b9-5-. The maximum Gasteiger partial charge on any atom is 0.216 e. The Bertz CT molecular complexity index is 1480. The number of allylic oxidation sites excluding steroid dienone is 1. The van der Waals surface area contributed by atoms with Gasteiger partial charge >= 0.3 is 0 Å². The van der Waals surface area contributed by atoms with E-state index in [2.05, 4.69) is 98.9 Å². The minimum absolute atomic E-state index is 0.912. The highest BCUT2D eigenvalue weighted by Gasteiger charge is 2.21. The Morgan fingerprint density at radius 1 is 0.967 bits per heavy atom. The largest absolute Gasteiger partial charge is 0.455 e. The minimum Gasteiger partial charge on any atom is -0.455 e. The quantitative estimate of drug-likeness (QED) is 0.297. The highest BCUT2D eigenvalue weighted by Crippen LogP contribution is 2.41. The molecule has 2 nitrogen and oxygen atoms in total. The first-order valence-corrected chi connectivity index (χ1v) is 10.3. The molecule has 30 heavy (non-hydrogen) atoms. The third-order valence-corrected chi connectivity index (χ3v) is 5.93. The van der Waals surface area contributed by atoms with E-state index in [4.69, 9.17) is 4.42 Å². The van der Waals surface area contributed by atoms with E-state index >= 15 is 0 Å². The molecule has 0 spiro atoms. The second kappa shape index (κ2) is 7.00. The summed E-state index contributed by atoms with van der Waals surface area (Å²) in [7, 11) is 2.08. The average molecular weight is 391 g/mol. The number of hydrogen-bond donors (Lipinski definition) is 0. The third kappa shape index (κ3) is 2.61. The van der Waals surface area contributed by atoms with Gasteiger partial charge in [0.25, 0.3) is 0 Å². The number of pyridine rings is 1. The van der Waals surface area contributed by atoms with Crippen LogP contribution in [0.15, 0.2) is 77.9 Å². The molecule has 146 valence electrons. The van der Waals surface area contributed by atoms with Crippen molar-refractivity contribution in [3.05, 3.63) is 90.1 Å². The van der Waals surface area contributed by atoms with E-state index in [1.165, 1.54) is 27.3 Å². The van der Waals surface area contributed by atoms with E-state index in [0.29, 0.717) is 0 Å². The number of hydrogen-bond acceptors (Lipinski definition) is 1. The maximum atomic E-state index is 6.53. The van der Waals surface area contributed by atoms with Crippen molar-refractivity contribution >= 4 is 44.9 Å². The minimum atomic E-state index is 0.912. The topological polar surface area (TPSA) is 17.0 Å². The van der Waals surface area contributed by atoms with Crippen LogP contribution in [0.5, 0.6) is 0 Å². The number of nitrogens with zero attached hydrogens (tertiary/aromatic N) is 1. The zero-order chi connectivity index (χ0) is 20.8. The fourth-order valence-corrected chi connectivity index (χ4v) is 4.51. The molecular formula is C28H24NO+. The molecule has 0 saturated carbocycles. The lowest BCUT2D eigenvalue weighted by Gasteiger charge is -2.09. The van der Waals surface area contributed by atoms with Gasteiger partial charge in [0, 0.05) is 28.3 Å². The Balaban J connectivity index is 2.01. The highest BCUT2D eigenvalue weighted by molar-refractivity contribution is 6.23. The smallest absolute Gasteiger partial charge is 0.216 e. The molecule has 0 amide bonds. The van der Waals surface area contributed by atoms with E-state index in [9.17, 15) is 0 Å². The van der Waals surface area contributed by atoms with Gasteiger partial charge in [-0.2, -0.15) is 0 Å². The predicted molar refractivity (Wildman–Crippen MR) is 127 cm³/mol. The zero-order valence-corrected chi connectivity index (χ0v) is 17.6. The molecule has 2 heteroatoms. The molecule has 0 aliphatic rings. The highest BCUT2D eigenvalue weighted by atomic mass is 16.3. The zero-order valence-electron chi connectivity index (χ0n) is 17.6. The SMILES string of the molecule is C=Cc1ccc2ccc3oc4c(-c5cccc[n+]5C)c(C)ccc4c3c2c1/C=C\C. The van der Waals surface area contributed by atoms with Crippen molar-refractivity contribution in [2.45, 2.75) is 13.8 Å². The first kappa shape index (κ1) is 18.4. The molecule has 3 aromatic carbocycles. The van der Waals surface area contributed by atoms with E-state index < -0.39 is 0 Å². The van der Waals surface area contributed by atoms with E-state index in [1.54, 1.807) is 0 Å². The van der Waals surface area contributed by atoms with Crippen molar-refractivity contribution in [1.82, 2.24) is 0 Å². The van der Waals surface area contributed by atoms with Gasteiger partial charge in [-0.05, 0) is 48.1 Å². The molecular weight excluding hydrogens is 366 g/mol. The molecule has 0 aliphatic heterocycles. The Hall–Kier alpha value is -3.65. The van der Waals surface area contributed by atoms with Gasteiger partial charge in [-0.3, -0.25) is 0 Å². The predicted octanol–water partition coefficient (Wildman–Crippen LogP) is 7.22. The van der Waals surface area contributed by atoms with Gasteiger partial charge in [0.1, 0.15) is 18.2 Å². The van der Waals surface area contributed by atoms with Gasteiger partial charge in [-0.1, -0.05) is 55.1 Å². The van der Waals surface area contributed by atoms with Gasteiger partial charge < -0.3 is 4.42 Å². The van der Waals surface area contributed by atoms with Gasteiger partial charge in [0.15, 0.2) is 6.20 Å². The Morgan fingerprint density at radius 2 is 1.80 bits per heavy atom. The molecule has 2 aromatic heterocycles. The summed E-state index contributed by atoms with van der Waals surface area (Å²) in [5, 5.41) is 4.73. The van der Waals surface area contributed by atoms with Crippen LogP contribution in [0, 0.1) is 6.92 Å². The molecule has 0 bridgehead atoms. The molecule has 5 rings (SSSR count). The second-order valence-corrected chi connectivity index (χ2v) is 7.74. The van der Waals surface area contributed by atoms with Crippen molar-refractivity contribution < 1.29 is 8.98 Å². The van der Waals surface area contributed by atoms with Gasteiger partial charge in [0.05, 0.1) is 5.56 Å². The lowest BCUT2D eigenvalue weighted by Crippen LogP contribution is -2.30. The third-order valence-electron chi connectivity index (χ3n) is 5.93. The van der Waals surface area contributed by atoms with Crippen molar-refractivity contribution in [3.8, 4) is 11.3 Å². The van der Waals surface area contributed by atoms with Crippen LogP contribution in [0.2, 0.25) is 0 Å².